The van der Waals surface area contributed by atoms with Crippen LogP contribution in [0.5, 0.6) is 5.75 Å². The van der Waals surface area contributed by atoms with Crippen LogP contribution in [0.1, 0.15) is 38.8 Å². The molecule has 2 aliphatic rings. The second-order valence-corrected chi connectivity index (χ2v) is 9.40. The van der Waals surface area contributed by atoms with Gasteiger partial charge in [0.1, 0.15) is 37.2 Å². The summed E-state index contributed by atoms with van der Waals surface area (Å²) in [5.74, 6) is 0.315. The minimum Gasteiger partial charge on any atom is -0.464 e. The first kappa shape index (κ1) is 27.9. The lowest BCUT2D eigenvalue weighted by Crippen LogP contribution is -2.51. The molecule has 0 bridgehead atoms. The average Bonchev–Trinajstić information content (AvgIpc) is 3.53. The van der Waals surface area contributed by atoms with Gasteiger partial charge in [0.15, 0.2) is 12.0 Å². The van der Waals surface area contributed by atoms with Gasteiger partial charge in [0, 0.05) is 7.05 Å². The van der Waals surface area contributed by atoms with E-state index in [2.05, 4.69) is 5.10 Å². The SMILES string of the molecule is CC(C(=O)OCC1CCCC1)N(C)N(OCC1OC(n2ncc(=O)[nH]c2=O)[C@H](O)[C@@H]1O)Oc1ccccc1. The number of hydrogen-bond acceptors (Lipinski definition) is 12. The molecule has 4 rings (SSSR count). The van der Waals surface area contributed by atoms with Crippen molar-refractivity contribution in [3.63, 3.8) is 0 Å². The van der Waals surface area contributed by atoms with E-state index in [4.69, 9.17) is 19.1 Å². The summed E-state index contributed by atoms with van der Waals surface area (Å²) in [7, 11) is 1.57. The van der Waals surface area contributed by atoms with Crippen molar-refractivity contribution < 1.29 is 34.2 Å². The predicted molar refractivity (Wildman–Crippen MR) is 130 cm³/mol. The van der Waals surface area contributed by atoms with Gasteiger partial charge in [0.05, 0.1) is 11.9 Å². The first-order valence-electron chi connectivity index (χ1n) is 12.5. The third-order valence-electron chi connectivity index (χ3n) is 6.69. The maximum absolute atomic E-state index is 12.7. The Morgan fingerprint density at radius 2 is 1.89 bits per heavy atom. The molecule has 14 heteroatoms. The third-order valence-corrected chi connectivity index (χ3v) is 6.69. The minimum atomic E-state index is -1.54. The van der Waals surface area contributed by atoms with Gasteiger partial charge in [-0.2, -0.15) is 14.8 Å². The van der Waals surface area contributed by atoms with Gasteiger partial charge >= 0.3 is 11.7 Å². The van der Waals surface area contributed by atoms with Gasteiger partial charge in [-0.3, -0.25) is 14.6 Å². The van der Waals surface area contributed by atoms with E-state index < -0.39 is 47.8 Å². The Bertz CT molecular complexity index is 1170. The van der Waals surface area contributed by atoms with Crippen LogP contribution in [0, 0.1) is 5.92 Å². The molecule has 2 aromatic rings. The minimum absolute atomic E-state index is 0.339. The lowest BCUT2D eigenvalue weighted by atomic mass is 10.1. The van der Waals surface area contributed by atoms with Crippen LogP contribution >= 0.6 is 0 Å². The van der Waals surface area contributed by atoms with E-state index in [9.17, 15) is 24.6 Å². The molecule has 5 atom stereocenters. The van der Waals surface area contributed by atoms with Crippen LogP contribution in [0.2, 0.25) is 0 Å². The number of likely N-dealkylation sites (N-methyl/N-ethyl adjacent to an activating group) is 1. The predicted octanol–water partition coefficient (Wildman–Crippen LogP) is -0.253. The van der Waals surface area contributed by atoms with Crippen molar-refractivity contribution in [3.05, 3.63) is 57.4 Å². The molecule has 0 spiro atoms. The van der Waals surface area contributed by atoms with Gasteiger partial charge in [-0.25, -0.2) is 9.63 Å². The number of aromatic nitrogens is 3. The number of nitrogens with one attached hydrogen (secondary N) is 1. The van der Waals surface area contributed by atoms with Crippen molar-refractivity contribution in [1.29, 1.82) is 0 Å². The van der Waals surface area contributed by atoms with E-state index in [1.54, 1.807) is 38.2 Å². The lowest BCUT2D eigenvalue weighted by Gasteiger charge is -2.33. The van der Waals surface area contributed by atoms with Crippen LogP contribution in [0.3, 0.4) is 0 Å². The van der Waals surface area contributed by atoms with Crippen molar-refractivity contribution in [2.75, 3.05) is 20.3 Å². The number of rotatable bonds is 11. The molecule has 2 heterocycles. The summed E-state index contributed by atoms with van der Waals surface area (Å²) in [5, 5.41) is 27.0. The summed E-state index contributed by atoms with van der Waals surface area (Å²) in [4.78, 5) is 49.7. The Balaban J connectivity index is 1.42. The summed E-state index contributed by atoms with van der Waals surface area (Å²) in [6.45, 7) is 1.65. The summed E-state index contributed by atoms with van der Waals surface area (Å²) in [6, 6.07) is 7.89. The normalized spacial score (nSPS) is 24.7. The standard InChI is InChI=1S/C24H33N5O9/c1-15(23(33)35-13-16-8-6-7-9-16)27(2)29(38-17-10-4-3-5-11-17)36-14-18-20(31)21(32)22(37-18)28-24(34)26-19(30)12-25-28/h3-5,10-12,15-16,18,20-22,31-32H,6-9,13-14H2,1-2H3,(H,26,30,34)/t15?,18?,20-,21-,22?/m1/s1. The number of H-pyrrole nitrogens is 1. The molecule has 1 aromatic heterocycles. The number of aliphatic hydroxyl groups excluding tert-OH is 2. The average molecular weight is 536 g/mol. The fraction of sp³-hybridized carbons (Fsp3) is 0.583. The van der Waals surface area contributed by atoms with Gasteiger partial charge in [0.25, 0.3) is 5.56 Å². The number of hydrazine groups is 1. The highest BCUT2D eigenvalue weighted by Gasteiger charge is 2.45. The van der Waals surface area contributed by atoms with Crippen LogP contribution < -0.4 is 16.1 Å². The maximum Gasteiger partial charge on any atom is 0.347 e. The molecule has 0 radical (unpaired) electrons. The molecule has 2 fully saturated rings. The molecule has 38 heavy (non-hydrogen) atoms. The van der Waals surface area contributed by atoms with Gasteiger partial charge in [0.2, 0.25) is 0 Å². The van der Waals surface area contributed by atoms with Crippen molar-refractivity contribution in [2.24, 2.45) is 5.92 Å². The summed E-state index contributed by atoms with van der Waals surface area (Å²) < 4.78 is 11.9. The Morgan fingerprint density at radius 1 is 1.18 bits per heavy atom. The number of para-hydroxylation sites is 1. The van der Waals surface area contributed by atoms with E-state index in [0.29, 0.717) is 18.3 Å². The highest BCUT2D eigenvalue weighted by atomic mass is 17.0. The molecule has 208 valence electrons. The highest BCUT2D eigenvalue weighted by Crippen LogP contribution is 2.28. The number of benzene rings is 1. The molecule has 1 saturated heterocycles. The van der Waals surface area contributed by atoms with Crippen molar-refractivity contribution >= 4 is 5.97 Å². The monoisotopic (exact) mass is 535 g/mol. The Kier molecular flexibility index (Phi) is 9.25. The van der Waals surface area contributed by atoms with E-state index in [-0.39, 0.29) is 6.61 Å². The van der Waals surface area contributed by atoms with Crippen molar-refractivity contribution in [2.45, 2.75) is 63.2 Å². The highest BCUT2D eigenvalue weighted by molar-refractivity contribution is 5.75. The number of esters is 1. The summed E-state index contributed by atoms with van der Waals surface area (Å²) >= 11 is 0. The quantitative estimate of drug-likeness (QED) is 0.255. The van der Waals surface area contributed by atoms with Crippen molar-refractivity contribution in [1.82, 2.24) is 25.1 Å². The van der Waals surface area contributed by atoms with Gasteiger partial charge in [-0.15, -0.1) is 0 Å². The summed E-state index contributed by atoms with van der Waals surface area (Å²) in [5.41, 5.74) is -1.62. The van der Waals surface area contributed by atoms with Crippen LogP contribution in [0.15, 0.2) is 46.1 Å². The largest absolute Gasteiger partial charge is 0.464 e. The second kappa shape index (κ2) is 12.6. The number of hydrogen-bond donors (Lipinski definition) is 3. The van der Waals surface area contributed by atoms with Gasteiger partial charge in [-0.1, -0.05) is 31.0 Å². The molecule has 1 aromatic carbocycles. The first-order chi connectivity index (χ1) is 18.2. The molecular weight excluding hydrogens is 502 g/mol. The van der Waals surface area contributed by atoms with Crippen LogP contribution in [-0.2, 0) is 19.1 Å². The van der Waals surface area contributed by atoms with Crippen molar-refractivity contribution in [3.8, 4) is 5.75 Å². The smallest absolute Gasteiger partial charge is 0.347 e. The van der Waals surface area contributed by atoms with Crippen LogP contribution in [0.25, 0.3) is 0 Å². The van der Waals surface area contributed by atoms with E-state index in [1.165, 1.54) is 5.01 Å². The van der Waals surface area contributed by atoms with E-state index >= 15 is 0 Å². The number of nitrogens with zero attached hydrogens (tertiary/aromatic N) is 4. The van der Waals surface area contributed by atoms with E-state index in [1.807, 2.05) is 11.1 Å². The zero-order valence-corrected chi connectivity index (χ0v) is 21.2. The second-order valence-electron chi connectivity index (χ2n) is 9.40. The lowest BCUT2D eigenvalue weighted by molar-refractivity contribution is -0.426. The molecule has 0 amide bonds. The van der Waals surface area contributed by atoms with Gasteiger partial charge in [-0.05, 0) is 37.8 Å². The number of carbonyl (C=O) groups excluding carboxylic acids is 1. The fourth-order valence-electron chi connectivity index (χ4n) is 4.29. The third kappa shape index (κ3) is 6.64. The number of ether oxygens (including phenoxy) is 2. The Morgan fingerprint density at radius 3 is 2.58 bits per heavy atom. The van der Waals surface area contributed by atoms with E-state index in [0.717, 1.165) is 41.9 Å². The molecule has 1 aliphatic heterocycles. The number of carbonyl (C=O) groups is 1. The van der Waals surface area contributed by atoms with Crippen LogP contribution in [-0.4, -0.2) is 85.9 Å². The number of aromatic amines is 1. The molecule has 14 nitrogen and oxygen atoms in total. The number of aliphatic hydroxyl groups is 2. The zero-order valence-electron chi connectivity index (χ0n) is 21.2. The molecular formula is C24H33N5O9. The fourth-order valence-corrected chi connectivity index (χ4v) is 4.29. The van der Waals surface area contributed by atoms with Gasteiger partial charge < -0.3 is 24.5 Å². The molecule has 3 N–H and O–H groups in total. The Labute approximate surface area is 218 Å². The van der Waals surface area contributed by atoms with Crippen LogP contribution in [0.4, 0.5) is 0 Å². The Hall–Kier alpha value is -3.14. The first-order valence-corrected chi connectivity index (χ1v) is 12.5. The maximum atomic E-state index is 12.7. The molecule has 1 saturated carbocycles. The summed E-state index contributed by atoms with van der Waals surface area (Å²) in [6.07, 6.45) is -0.260. The molecule has 1 aliphatic carbocycles. The molecule has 3 unspecified atom stereocenters. The zero-order chi connectivity index (χ0) is 27.2. The topological polar surface area (TPSA) is 169 Å².